The smallest absolute Gasteiger partial charge is 0.343 e. The molecule has 3 rings (SSSR count). The molecule has 3 aromatic carbocycles. The minimum atomic E-state index is -1.14. The minimum Gasteiger partial charge on any atom is -0.494 e. The number of carbonyl (C=O) groups excluding carboxylic acids is 3. The van der Waals surface area contributed by atoms with Crippen LogP contribution in [0.5, 0.6) is 23.0 Å². The molecular formula is C32H32O9. The number of hydrogen-bond donors (Lipinski definition) is 1. The summed E-state index contributed by atoms with van der Waals surface area (Å²) in [5.41, 5.74) is 0.645. The lowest BCUT2D eigenvalue weighted by Crippen LogP contribution is -2.12. The van der Waals surface area contributed by atoms with Gasteiger partial charge in [-0.1, -0.05) is 13.2 Å². The van der Waals surface area contributed by atoms with E-state index in [9.17, 15) is 19.5 Å². The number of rotatable bonds is 16. The van der Waals surface area contributed by atoms with Crippen LogP contribution in [0.2, 0.25) is 0 Å². The second-order valence-corrected chi connectivity index (χ2v) is 8.68. The fraction of sp³-hybridized carbons (Fsp3) is 0.219. The highest BCUT2D eigenvalue weighted by molar-refractivity contribution is 5.92. The van der Waals surface area contributed by atoms with Crippen LogP contribution in [0.25, 0.3) is 0 Å². The van der Waals surface area contributed by atoms with E-state index in [0.717, 1.165) is 31.8 Å². The highest BCUT2D eigenvalue weighted by atomic mass is 16.6. The predicted molar refractivity (Wildman–Crippen MR) is 151 cm³/mol. The number of unbranched alkanes of at least 4 members (excludes halogenated alkanes) is 3. The number of aliphatic hydroxyl groups excluding tert-OH is 1. The molecule has 0 heterocycles. The standard InChI is InChI=1S/C32H32O9/c1-3-29(33)38-22-8-6-5-7-21-37-25-13-9-23(10-14-25)31(35)40-27-17-19-28(20-18-27)41-32(36)24-11-15-26(16-12-24)39-30(34)4-2/h3-4,9-20,30,34H,1-2,5-8,21-22H2. The maximum absolute atomic E-state index is 12.5. The summed E-state index contributed by atoms with van der Waals surface area (Å²) >= 11 is 0. The second-order valence-electron chi connectivity index (χ2n) is 8.68. The van der Waals surface area contributed by atoms with E-state index in [1.807, 2.05) is 0 Å². The summed E-state index contributed by atoms with van der Waals surface area (Å²) < 4.78 is 26.6. The first-order valence-electron chi connectivity index (χ1n) is 13.0. The van der Waals surface area contributed by atoms with Crippen LogP contribution in [-0.2, 0) is 9.53 Å². The molecule has 0 fully saturated rings. The number of ether oxygens (including phenoxy) is 5. The van der Waals surface area contributed by atoms with Gasteiger partial charge in [-0.25, -0.2) is 14.4 Å². The SMILES string of the molecule is C=CC(=O)OCCCCCCOc1ccc(C(=O)Oc2ccc(OC(=O)c3ccc(OC(O)C=C)cc3)cc2)cc1. The van der Waals surface area contributed by atoms with Crippen LogP contribution in [0.15, 0.2) is 98.1 Å². The van der Waals surface area contributed by atoms with E-state index >= 15 is 0 Å². The Kier molecular flexibility index (Phi) is 12.2. The Morgan fingerprint density at radius 3 is 1.61 bits per heavy atom. The maximum Gasteiger partial charge on any atom is 0.343 e. The summed E-state index contributed by atoms with van der Waals surface area (Å²) in [6.07, 6.45) is 4.75. The molecule has 3 aromatic rings. The van der Waals surface area contributed by atoms with Gasteiger partial charge in [0.25, 0.3) is 0 Å². The van der Waals surface area contributed by atoms with Crippen LogP contribution in [-0.4, -0.2) is 42.5 Å². The number of hydrogen-bond acceptors (Lipinski definition) is 9. The van der Waals surface area contributed by atoms with Crippen molar-refractivity contribution in [1.29, 1.82) is 0 Å². The van der Waals surface area contributed by atoms with Gasteiger partial charge in [0.1, 0.15) is 23.0 Å². The van der Waals surface area contributed by atoms with Crippen LogP contribution in [0.1, 0.15) is 46.4 Å². The van der Waals surface area contributed by atoms with Crippen LogP contribution >= 0.6 is 0 Å². The summed E-state index contributed by atoms with van der Waals surface area (Å²) in [5, 5.41) is 9.44. The topological polar surface area (TPSA) is 118 Å². The van der Waals surface area contributed by atoms with Crippen molar-refractivity contribution >= 4 is 17.9 Å². The molecule has 1 unspecified atom stereocenters. The Hall–Kier alpha value is -4.89. The molecule has 9 heteroatoms. The lowest BCUT2D eigenvalue weighted by atomic mass is 10.2. The molecule has 1 atom stereocenters. The van der Waals surface area contributed by atoms with Gasteiger partial charge < -0.3 is 28.8 Å². The zero-order chi connectivity index (χ0) is 29.5. The van der Waals surface area contributed by atoms with Crippen LogP contribution in [0, 0.1) is 0 Å². The van der Waals surface area contributed by atoms with E-state index in [1.165, 1.54) is 54.6 Å². The highest BCUT2D eigenvalue weighted by Crippen LogP contribution is 2.21. The Labute approximate surface area is 238 Å². The fourth-order valence-electron chi connectivity index (χ4n) is 3.43. The molecule has 9 nitrogen and oxygen atoms in total. The molecule has 1 N–H and O–H groups in total. The molecule has 0 aromatic heterocycles. The van der Waals surface area contributed by atoms with Crippen molar-refractivity contribution in [2.75, 3.05) is 13.2 Å². The van der Waals surface area contributed by atoms with Crippen LogP contribution < -0.4 is 18.9 Å². The average Bonchev–Trinajstić information content (AvgIpc) is 2.99. The monoisotopic (exact) mass is 560 g/mol. The number of carbonyl (C=O) groups is 3. The highest BCUT2D eigenvalue weighted by Gasteiger charge is 2.12. The third-order valence-electron chi connectivity index (χ3n) is 5.60. The van der Waals surface area contributed by atoms with Gasteiger partial charge in [0.2, 0.25) is 6.29 Å². The van der Waals surface area contributed by atoms with Gasteiger partial charge in [-0.2, -0.15) is 0 Å². The summed E-state index contributed by atoms with van der Waals surface area (Å²) in [6.45, 7) is 7.69. The Balaban J connectivity index is 1.39. The molecule has 0 aliphatic carbocycles. The number of esters is 3. The largest absolute Gasteiger partial charge is 0.494 e. The molecule has 0 spiro atoms. The first-order valence-corrected chi connectivity index (χ1v) is 13.0. The van der Waals surface area contributed by atoms with E-state index in [-0.39, 0.29) is 17.1 Å². The maximum atomic E-state index is 12.5. The molecular weight excluding hydrogens is 528 g/mol. The third-order valence-corrected chi connectivity index (χ3v) is 5.60. The number of benzene rings is 3. The summed E-state index contributed by atoms with van der Waals surface area (Å²) in [6, 6.07) is 18.8. The van der Waals surface area contributed by atoms with Gasteiger partial charge in [0.05, 0.1) is 24.3 Å². The first-order chi connectivity index (χ1) is 19.9. The van der Waals surface area contributed by atoms with Crippen molar-refractivity contribution < 1.29 is 43.2 Å². The van der Waals surface area contributed by atoms with Gasteiger partial charge >= 0.3 is 17.9 Å². The molecule has 0 aliphatic rings. The zero-order valence-corrected chi connectivity index (χ0v) is 22.5. The van der Waals surface area contributed by atoms with E-state index in [4.69, 9.17) is 23.7 Å². The van der Waals surface area contributed by atoms with E-state index in [1.54, 1.807) is 24.3 Å². The van der Waals surface area contributed by atoms with Crippen molar-refractivity contribution in [3.63, 3.8) is 0 Å². The quantitative estimate of drug-likeness (QED) is 0.0590. The van der Waals surface area contributed by atoms with Gasteiger partial charge in [-0.15, -0.1) is 0 Å². The summed E-state index contributed by atoms with van der Waals surface area (Å²) in [5.74, 6) is 0.0454. The zero-order valence-electron chi connectivity index (χ0n) is 22.5. The van der Waals surface area contributed by atoms with Gasteiger partial charge in [-0.3, -0.25) is 0 Å². The van der Waals surface area contributed by atoms with Crippen molar-refractivity contribution in [2.45, 2.75) is 32.0 Å². The summed E-state index contributed by atoms with van der Waals surface area (Å²) in [7, 11) is 0. The lowest BCUT2D eigenvalue weighted by molar-refractivity contribution is -0.137. The van der Waals surface area contributed by atoms with Crippen LogP contribution in [0.4, 0.5) is 0 Å². The van der Waals surface area contributed by atoms with Crippen molar-refractivity contribution in [2.24, 2.45) is 0 Å². The Bertz CT molecular complexity index is 1300. The van der Waals surface area contributed by atoms with Gasteiger partial charge in [0, 0.05) is 6.08 Å². The average molecular weight is 561 g/mol. The fourth-order valence-corrected chi connectivity index (χ4v) is 3.43. The molecule has 0 radical (unpaired) electrons. The molecule has 0 saturated carbocycles. The molecule has 0 bridgehead atoms. The molecule has 0 saturated heterocycles. The summed E-state index contributed by atoms with van der Waals surface area (Å²) in [4.78, 5) is 35.9. The van der Waals surface area contributed by atoms with Gasteiger partial charge in [0.15, 0.2) is 0 Å². The van der Waals surface area contributed by atoms with Crippen LogP contribution in [0.3, 0.4) is 0 Å². The molecule has 41 heavy (non-hydrogen) atoms. The second kappa shape index (κ2) is 16.3. The predicted octanol–water partition coefficient (Wildman–Crippen LogP) is 5.68. The lowest BCUT2D eigenvalue weighted by Gasteiger charge is -2.10. The molecule has 0 aliphatic heterocycles. The van der Waals surface area contributed by atoms with E-state index in [0.29, 0.717) is 30.3 Å². The molecule has 0 amide bonds. The normalized spacial score (nSPS) is 11.0. The van der Waals surface area contributed by atoms with Crippen molar-refractivity contribution in [1.82, 2.24) is 0 Å². The van der Waals surface area contributed by atoms with Gasteiger partial charge in [-0.05, 0) is 105 Å². The van der Waals surface area contributed by atoms with E-state index < -0.39 is 24.2 Å². The number of aliphatic hydroxyl groups is 1. The van der Waals surface area contributed by atoms with E-state index in [2.05, 4.69) is 13.2 Å². The Morgan fingerprint density at radius 2 is 1.12 bits per heavy atom. The third kappa shape index (κ3) is 10.7. The molecule has 214 valence electrons. The minimum absolute atomic E-state index is 0.273. The van der Waals surface area contributed by atoms with Crippen molar-refractivity contribution in [3.8, 4) is 23.0 Å². The first kappa shape index (κ1) is 30.6. The van der Waals surface area contributed by atoms with Crippen molar-refractivity contribution in [3.05, 3.63) is 109 Å². The Morgan fingerprint density at radius 1 is 0.659 bits per heavy atom.